The van der Waals surface area contributed by atoms with Crippen LogP contribution in [0.5, 0.6) is 0 Å². The predicted molar refractivity (Wildman–Crippen MR) is 106 cm³/mol. The van der Waals surface area contributed by atoms with Crippen LogP contribution in [-0.2, 0) is 4.74 Å². The number of nitrogens with zero attached hydrogens (tertiary/aromatic N) is 3. The van der Waals surface area contributed by atoms with Gasteiger partial charge in [-0.25, -0.2) is 0 Å². The minimum Gasteiger partial charge on any atom is -0.378 e. The molecule has 0 aliphatic carbocycles. The molecule has 25 heavy (non-hydrogen) atoms. The second-order valence-corrected chi connectivity index (χ2v) is 6.00. The summed E-state index contributed by atoms with van der Waals surface area (Å²) in [6.07, 6.45) is 0. The SMILES string of the molecule is Cl.Cl.NCC(Nc1ccc(Cl)c(Cl)c1)c1nc(N2CCOCC2)n[nH]1. The van der Waals surface area contributed by atoms with Crippen molar-refractivity contribution >= 4 is 59.7 Å². The first-order chi connectivity index (χ1) is 11.2. The molecule has 0 radical (unpaired) electrons. The molecule has 2 aromatic rings. The molecule has 11 heteroatoms. The summed E-state index contributed by atoms with van der Waals surface area (Å²) in [7, 11) is 0. The zero-order valence-electron chi connectivity index (χ0n) is 13.2. The van der Waals surface area contributed by atoms with Crippen molar-refractivity contribution in [3.63, 3.8) is 0 Å². The lowest BCUT2D eigenvalue weighted by Crippen LogP contribution is -2.37. The Balaban J connectivity index is 0.00000156. The highest BCUT2D eigenvalue weighted by Gasteiger charge is 2.19. The summed E-state index contributed by atoms with van der Waals surface area (Å²) in [5.41, 5.74) is 6.68. The van der Waals surface area contributed by atoms with Gasteiger partial charge in [-0.1, -0.05) is 23.2 Å². The lowest BCUT2D eigenvalue weighted by molar-refractivity contribution is 0.122. The van der Waals surface area contributed by atoms with Crippen LogP contribution in [0, 0.1) is 0 Å². The Labute approximate surface area is 168 Å². The van der Waals surface area contributed by atoms with Crippen LogP contribution in [0.1, 0.15) is 11.9 Å². The van der Waals surface area contributed by atoms with Gasteiger partial charge in [0.15, 0.2) is 0 Å². The number of benzene rings is 1. The normalized spacial score (nSPS) is 15.1. The van der Waals surface area contributed by atoms with E-state index in [9.17, 15) is 0 Å². The number of anilines is 2. The molecule has 1 aromatic heterocycles. The Morgan fingerprint density at radius 1 is 1.24 bits per heavy atom. The van der Waals surface area contributed by atoms with E-state index in [0.717, 1.165) is 18.8 Å². The van der Waals surface area contributed by atoms with Crippen molar-refractivity contribution < 1.29 is 4.74 Å². The molecule has 0 spiro atoms. The minimum atomic E-state index is -0.200. The molecule has 2 heterocycles. The van der Waals surface area contributed by atoms with Gasteiger partial charge in [0.1, 0.15) is 5.82 Å². The van der Waals surface area contributed by atoms with Crippen LogP contribution in [0.25, 0.3) is 0 Å². The number of aromatic nitrogens is 3. The van der Waals surface area contributed by atoms with Crippen LogP contribution >= 0.6 is 48.0 Å². The van der Waals surface area contributed by atoms with Gasteiger partial charge < -0.3 is 20.7 Å². The number of halogens is 4. The van der Waals surface area contributed by atoms with Gasteiger partial charge in [0, 0.05) is 25.3 Å². The molecule has 7 nitrogen and oxygen atoms in total. The molecule has 4 N–H and O–H groups in total. The van der Waals surface area contributed by atoms with Crippen molar-refractivity contribution in [2.45, 2.75) is 6.04 Å². The van der Waals surface area contributed by atoms with Crippen LogP contribution in [-0.4, -0.2) is 48.0 Å². The van der Waals surface area contributed by atoms with Gasteiger partial charge in [0.2, 0.25) is 5.95 Å². The Kier molecular flexibility index (Phi) is 9.06. The first-order valence-electron chi connectivity index (χ1n) is 7.34. The number of nitrogens with one attached hydrogen (secondary N) is 2. The standard InChI is InChI=1S/C14H18Cl2N6O.2ClH/c15-10-2-1-9(7-11(10)16)18-12(8-17)13-19-14(21-20-13)22-3-5-23-6-4-22;;/h1-2,7,12,18H,3-6,8,17H2,(H,19,20,21);2*1H. The van der Waals surface area contributed by atoms with E-state index in [1.165, 1.54) is 0 Å². The fourth-order valence-electron chi connectivity index (χ4n) is 2.35. The maximum absolute atomic E-state index is 6.03. The summed E-state index contributed by atoms with van der Waals surface area (Å²) in [5.74, 6) is 1.35. The number of aromatic amines is 1. The van der Waals surface area contributed by atoms with Crippen LogP contribution < -0.4 is 16.0 Å². The molecule has 1 atom stereocenters. The summed E-state index contributed by atoms with van der Waals surface area (Å²) < 4.78 is 5.33. The van der Waals surface area contributed by atoms with Crippen LogP contribution in [0.15, 0.2) is 18.2 Å². The zero-order valence-corrected chi connectivity index (χ0v) is 16.4. The minimum absolute atomic E-state index is 0. The second kappa shape index (κ2) is 10.3. The fraction of sp³-hybridized carbons (Fsp3) is 0.429. The summed E-state index contributed by atoms with van der Waals surface area (Å²) in [4.78, 5) is 6.62. The first-order valence-corrected chi connectivity index (χ1v) is 8.09. The number of H-pyrrole nitrogens is 1. The average Bonchev–Trinajstić information content (AvgIpc) is 3.06. The molecule has 1 aliphatic rings. The number of ether oxygens (including phenoxy) is 1. The maximum atomic E-state index is 6.03. The molecule has 140 valence electrons. The molecule has 0 amide bonds. The van der Waals surface area contributed by atoms with E-state index in [2.05, 4.69) is 25.4 Å². The van der Waals surface area contributed by atoms with Gasteiger partial charge in [-0.05, 0) is 18.2 Å². The van der Waals surface area contributed by atoms with Crippen molar-refractivity contribution in [3.05, 3.63) is 34.1 Å². The number of rotatable bonds is 5. The van der Waals surface area contributed by atoms with Gasteiger partial charge in [-0.2, -0.15) is 4.98 Å². The summed E-state index contributed by atoms with van der Waals surface area (Å²) >= 11 is 12.0. The molecule has 0 saturated carbocycles. The predicted octanol–water partition coefficient (Wildman–Crippen LogP) is 2.90. The molecule has 1 fully saturated rings. The molecular formula is C14H20Cl4N6O. The monoisotopic (exact) mass is 428 g/mol. The van der Waals surface area contributed by atoms with E-state index in [4.69, 9.17) is 33.7 Å². The van der Waals surface area contributed by atoms with Gasteiger partial charge in [0.05, 0.1) is 29.3 Å². The Hall–Kier alpha value is -0.960. The Bertz CT molecular complexity index is 665. The zero-order chi connectivity index (χ0) is 16.2. The van der Waals surface area contributed by atoms with E-state index >= 15 is 0 Å². The van der Waals surface area contributed by atoms with Crippen LogP contribution in [0.3, 0.4) is 0 Å². The second-order valence-electron chi connectivity index (χ2n) is 5.18. The van der Waals surface area contributed by atoms with Gasteiger partial charge >= 0.3 is 0 Å². The van der Waals surface area contributed by atoms with Gasteiger partial charge in [-0.3, -0.25) is 5.10 Å². The summed E-state index contributed by atoms with van der Waals surface area (Å²) in [6.45, 7) is 3.30. The molecule has 1 unspecified atom stereocenters. The number of hydrogen-bond acceptors (Lipinski definition) is 6. The molecule has 1 aromatic carbocycles. The lowest BCUT2D eigenvalue weighted by Gasteiger charge is -2.25. The molecule has 3 rings (SSSR count). The molecule has 1 aliphatic heterocycles. The van der Waals surface area contributed by atoms with Gasteiger partial charge in [-0.15, -0.1) is 29.9 Å². The largest absolute Gasteiger partial charge is 0.378 e. The fourth-order valence-corrected chi connectivity index (χ4v) is 2.65. The smallest absolute Gasteiger partial charge is 0.244 e. The van der Waals surface area contributed by atoms with E-state index in [0.29, 0.717) is 41.6 Å². The van der Waals surface area contributed by atoms with E-state index < -0.39 is 0 Å². The van der Waals surface area contributed by atoms with Crippen molar-refractivity contribution in [1.29, 1.82) is 0 Å². The van der Waals surface area contributed by atoms with E-state index in [-0.39, 0.29) is 30.9 Å². The third kappa shape index (κ3) is 5.51. The summed E-state index contributed by atoms with van der Waals surface area (Å²) in [6, 6.07) is 5.14. The van der Waals surface area contributed by atoms with Crippen molar-refractivity contribution in [2.75, 3.05) is 43.1 Å². The summed E-state index contributed by atoms with van der Waals surface area (Å²) in [5, 5.41) is 11.5. The Morgan fingerprint density at radius 3 is 2.60 bits per heavy atom. The first kappa shape index (κ1) is 22.1. The van der Waals surface area contributed by atoms with E-state index in [1.807, 2.05) is 6.07 Å². The van der Waals surface area contributed by atoms with E-state index in [1.54, 1.807) is 12.1 Å². The van der Waals surface area contributed by atoms with Crippen molar-refractivity contribution in [2.24, 2.45) is 5.73 Å². The topological polar surface area (TPSA) is 92.1 Å². The van der Waals surface area contributed by atoms with Crippen molar-refractivity contribution in [1.82, 2.24) is 15.2 Å². The highest BCUT2D eigenvalue weighted by Crippen LogP contribution is 2.27. The van der Waals surface area contributed by atoms with Crippen LogP contribution in [0.2, 0.25) is 10.0 Å². The maximum Gasteiger partial charge on any atom is 0.244 e. The van der Waals surface area contributed by atoms with Crippen LogP contribution in [0.4, 0.5) is 11.6 Å². The number of nitrogens with two attached hydrogens (primary N) is 1. The molecular weight excluding hydrogens is 410 g/mol. The van der Waals surface area contributed by atoms with Gasteiger partial charge in [0.25, 0.3) is 0 Å². The third-order valence-electron chi connectivity index (χ3n) is 3.61. The molecule has 1 saturated heterocycles. The third-order valence-corrected chi connectivity index (χ3v) is 4.35. The quantitative estimate of drug-likeness (QED) is 0.676. The highest BCUT2D eigenvalue weighted by atomic mass is 35.5. The average molecular weight is 430 g/mol. The lowest BCUT2D eigenvalue weighted by atomic mass is 10.2. The number of morpholine rings is 1. The number of hydrogen-bond donors (Lipinski definition) is 3. The van der Waals surface area contributed by atoms with Crippen molar-refractivity contribution in [3.8, 4) is 0 Å². The Morgan fingerprint density at radius 2 is 1.96 bits per heavy atom. The highest BCUT2D eigenvalue weighted by molar-refractivity contribution is 6.42. The molecule has 0 bridgehead atoms.